The number of rotatable bonds is 3. The summed E-state index contributed by atoms with van der Waals surface area (Å²) in [6.45, 7) is 2.24. The maximum absolute atomic E-state index is 3.58. The third kappa shape index (κ3) is 2.87. The van der Waals surface area contributed by atoms with Crippen LogP contribution in [-0.2, 0) is 0 Å². The molecule has 1 heterocycles. The molecule has 1 nitrogen and oxygen atoms in total. The minimum atomic E-state index is -0.143. The van der Waals surface area contributed by atoms with Gasteiger partial charge in [-0.3, -0.25) is 0 Å². The number of anilines is 1. The van der Waals surface area contributed by atoms with E-state index in [2.05, 4.69) is 67.1 Å². The second-order valence-corrected chi connectivity index (χ2v) is 6.95. The largest absolute Gasteiger partial charge is 0.349 e. The van der Waals surface area contributed by atoms with E-state index in [4.69, 9.17) is 0 Å². The summed E-state index contributed by atoms with van der Waals surface area (Å²) in [6, 6.07) is 18.9. The Kier molecular flexibility index (Phi) is 4.45. The van der Waals surface area contributed by atoms with Gasteiger partial charge in [-0.25, -0.2) is 0 Å². The summed E-state index contributed by atoms with van der Waals surface area (Å²) in [4.78, 5) is 3.55. The number of hydrogen-bond acceptors (Lipinski definition) is 2. The van der Waals surface area contributed by atoms with Gasteiger partial charge in [-0.15, -0.1) is 0 Å². The second kappa shape index (κ2) is 6.50. The Bertz CT molecular complexity index is 698. The van der Waals surface area contributed by atoms with Gasteiger partial charge in [-0.05, 0) is 37.1 Å². The molecule has 2 heteroatoms. The summed E-state index contributed by atoms with van der Waals surface area (Å²) >= 11 is 1.90. The molecular formula is C20H21NS. The lowest BCUT2D eigenvalue weighted by Gasteiger charge is -2.32. The van der Waals surface area contributed by atoms with Gasteiger partial charge in [0.25, 0.3) is 0 Å². The number of benzene rings is 2. The molecule has 0 saturated carbocycles. The second-order valence-electron chi connectivity index (χ2n) is 5.63. The number of fused-ring (bicyclic) bond motifs is 1. The Morgan fingerprint density at radius 1 is 1.05 bits per heavy atom. The predicted octanol–water partition coefficient (Wildman–Crippen LogP) is 5.17. The molecular weight excluding hydrogens is 286 g/mol. The van der Waals surface area contributed by atoms with E-state index in [1.807, 2.05) is 30.0 Å². The molecule has 0 N–H and O–H groups in total. The Balaban J connectivity index is 1.96. The highest BCUT2D eigenvalue weighted by atomic mass is 32.2. The molecule has 0 spiro atoms. The zero-order chi connectivity index (χ0) is 15.4. The molecule has 112 valence electrons. The fourth-order valence-corrected chi connectivity index (χ4v) is 4.17. The topological polar surface area (TPSA) is 3.24 Å². The molecule has 22 heavy (non-hydrogen) atoms. The Morgan fingerprint density at radius 2 is 1.77 bits per heavy atom. The molecule has 0 fully saturated rings. The first kappa shape index (κ1) is 15.1. The lowest BCUT2D eigenvalue weighted by atomic mass is 10.1. The normalized spacial score (nSPS) is 19.5. The summed E-state index contributed by atoms with van der Waals surface area (Å²) in [5.41, 5.74) is 2.38. The first-order valence-corrected chi connectivity index (χ1v) is 8.67. The van der Waals surface area contributed by atoms with Crippen molar-refractivity contribution in [1.29, 1.82) is 0 Å². The highest BCUT2D eigenvalue weighted by Crippen LogP contribution is 2.51. The van der Waals surface area contributed by atoms with E-state index in [-0.39, 0.29) is 4.87 Å². The molecule has 0 unspecified atom stereocenters. The van der Waals surface area contributed by atoms with Crippen molar-refractivity contribution in [2.24, 2.45) is 0 Å². The van der Waals surface area contributed by atoms with Gasteiger partial charge in [0.15, 0.2) is 4.87 Å². The molecule has 0 radical (unpaired) electrons. The highest BCUT2D eigenvalue weighted by Gasteiger charge is 2.40. The first-order valence-electron chi connectivity index (χ1n) is 7.85. The van der Waals surface area contributed by atoms with Gasteiger partial charge in [-0.2, -0.15) is 0 Å². The molecule has 1 aliphatic heterocycles. The van der Waals surface area contributed by atoms with Crippen LogP contribution in [0.3, 0.4) is 0 Å². The van der Waals surface area contributed by atoms with Crippen molar-refractivity contribution >= 4 is 17.4 Å². The highest BCUT2D eigenvalue weighted by molar-refractivity contribution is 8.01. The van der Waals surface area contributed by atoms with Crippen LogP contribution in [0.25, 0.3) is 0 Å². The van der Waals surface area contributed by atoms with E-state index in [0.717, 1.165) is 12.0 Å². The monoisotopic (exact) mass is 307 g/mol. The predicted molar refractivity (Wildman–Crippen MR) is 96.3 cm³/mol. The minimum absolute atomic E-state index is 0.143. The van der Waals surface area contributed by atoms with Gasteiger partial charge < -0.3 is 4.90 Å². The summed E-state index contributed by atoms with van der Waals surface area (Å²) in [7, 11) is 2.17. The van der Waals surface area contributed by atoms with E-state index in [1.165, 1.54) is 23.4 Å². The van der Waals surface area contributed by atoms with Crippen LogP contribution >= 0.6 is 11.8 Å². The molecule has 1 atom stereocenters. The van der Waals surface area contributed by atoms with Gasteiger partial charge in [0, 0.05) is 17.5 Å². The summed E-state index contributed by atoms with van der Waals surface area (Å²) < 4.78 is 0. The molecule has 0 aliphatic carbocycles. The molecule has 0 amide bonds. The van der Waals surface area contributed by atoms with E-state index in [1.54, 1.807) is 0 Å². The SMILES string of the molecule is CCCC[C@]1(C#Cc2ccccc2)Sc2ccccc2N1C. The van der Waals surface area contributed by atoms with Gasteiger partial charge in [0.05, 0.1) is 5.69 Å². The molecule has 2 aromatic carbocycles. The van der Waals surface area contributed by atoms with Gasteiger partial charge in [0.2, 0.25) is 0 Å². The molecule has 1 aliphatic rings. The molecule has 0 bridgehead atoms. The summed E-state index contributed by atoms with van der Waals surface area (Å²) in [5.74, 6) is 6.97. The zero-order valence-electron chi connectivity index (χ0n) is 13.2. The van der Waals surface area contributed by atoms with Crippen LogP contribution in [-0.4, -0.2) is 11.9 Å². The third-order valence-corrected chi connectivity index (χ3v) is 5.58. The van der Waals surface area contributed by atoms with E-state index in [9.17, 15) is 0 Å². The van der Waals surface area contributed by atoms with Crippen LogP contribution in [0.15, 0.2) is 59.5 Å². The third-order valence-electron chi connectivity index (χ3n) is 4.09. The smallest absolute Gasteiger partial charge is 0.153 e. The van der Waals surface area contributed by atoms with E-state index >= 15 is 0 Å². The van der Waals surface area contributed by atoms with Crippen LogP contribution in [0.2, 0.25) is 0 Å². The van der Waals surface area contributed by atoms with E-state index in [0.29, 0.717) is 0 Å². The minimum Gasteiger partial charge on any atom is -0.349 e. The fourth-order valence-electron chi connectivity index (χ4n) is 2.76. The average molecular weight is 307 g/mol. The number of hydrogen-bond donors (Lipinski definition) is 0. The van der Waals surface area contributed by atoms with Gasteiger partial charge in [0.1, 0.15) is 0 Å². The quantitative estimate of drug-likeness (QED) is 0.720. The van der Waals surface area contributed by atoms with Crippen LogP contribution in [0.1, 0.15) is 31.7 Å². The lowest BCUT2D eigenvalue weighted by Crippen LogP contribution is -2.39. The van der Waals surface area contributed by atoms with Crippen molar-refractivity contribution in [3.8, 4) is 11.8 Å². The van der Waals surface area contributed by atoms with Crippen molar-refractivity contribution in [3.05, 3.63) is 60.2 Å². The van der Waals surface area contributed by atoms with Crippen molar-refractivity contribution in [1.82, 2.24) is 0 Å². The number of para-hydroxylation sites is 1. The van der Waals surface area contributed by atoms with Gasteiger partial charge >= 0.3 is 0 Å². The molecule has 0 saturated heterocycles. The van der Waals surface area contributed by atoms with Crippen LogP contribution in [0, 0.1) is 11.8 Å². The fraction of sp³-hybridized carbons (Fsp3) is 0.300. The number of thioether (sulfide) groups is 1. The summed E-state index contributed by atoms with van der Waals surface area (Å²) in [6.07, 6.45) is 3.47. The standard InChI is InChI=1S/C20H21NS/c1-3-4-15-20(16-14-17-10-6-5-7-11-17)21(2)18-12-8-9-13-19(18)22-20/h5-13H,3-4,15H2,1-2H3/t20-/m1/s1. The van der Waals surface area contributed by atoms with Gasteiger partial charge in [-0.1, -0.05) is 67.3 Å². The van der Waals surface area contributed by atoms with Crippen molar-refractivity contribution in [2.75, 3.05) is 11.9 Å². The van der Waals surface area contributed by atoms with Crippen LogP contribution in [0.4, 0.5) is 5.69 Å². The average Bonchev–Trinajstić information content (AvgIpc) is 2.85. The van der Waals surface area contributed by atoms with Crippen LogP contribution in [0.5, 0.6) is 0 Å². The maximum atomic E-state index is 3.58. The maximum Gasteiger partial charge on any atom is 0.153 e. The van der Waals surface area contributed by atoms with Crippen molar-refractivity contribution < 1.29 is 0 Å². The summed E-state index contributed by atoms with van der Waals surface area (Å²) in [5, 5.41) is 0. The molecule has 2 aromatic rings. The Labute approximate surface area is 137 Å². The lowest BCUT2D eigenvalue weighted by molar-refractivity contribution is 0.609. The molecule has 0 aromatic heterocycles. The van der Waals surface area contributed by atoms with E-state index < -0.39 is 0 Å². The molecule has 3 rings (SSSR count). The number of nitrogens with zero attached hydrogens (tertiary/aromatic N) is 1. The Hall–Kier alpha value is -1.85. The van der Waals surface area contributed by atoms with Crippen LogP contribution < -0.4 is 4.90 Å². The van der Waals surface area contributed by atoms with Crippen molar-refractivity contribution in [2.45, 2.75) is 36.0 Å². The first-order chi connectivity index (χ1) is 10.7. The van der Waals surface area contributed by atoms with Crippen molar-refractivity contribution in [3.63, 3.8) is 0 Å². The zero-order valence-corrected chi connectivity index (χ0v) is 14.0. The Morgan fingerprint density at radius 3 is 2.50 bits per heavy atom. The number of unbranched alkanes of at least 4 members (excludes halogenated alkanes) is 1.